The van der Waals surface area contributed by atoms with E-state index in [2.05, 4.69) is 0 Å². The average molecular weight is 462 g/mol. The Hall–Kier alpha value is -3.35. The highest BCUT2D eigenvalue weighted by atomic mass is 16.7. The molecule has 11 nitrogen and oxygen atoms in total. The molecule has 1 aliphatic heterocycles. The van der Waals surface area contributed by atoms with Crippen LogP contribution in [0.1, 0.15) is 0 Å². The first-order valence-electron chi connectivity index (χ1n) is 9.89. The predicted molar refractivity (Wildman–Crippen MR) is 112 cm³/mol. The summed E-state index contributed by atoms with van der Waals surface area (Å²) in [4.78, 5) is 13.1. The van der Waals surface area contributed by atoms with Crippen molar-refractivity contribution in [2.75, 3.05) is 13.7 Å². The van der Waals surface area contributed by atoms with Gasteiger partial charge < -0.3 is 49.3 Å². The zero-order chi connectivity index (χ0) is 23.9. The Kier molecular flexibility index (Phi) is 6.15. The third-order valence-corrected chi connectivity index (χ3v) is 5.37. The van der Waals surface area contributed by atoms with E-state index in [1.54, 1.807) is 0 Å². The van der Waals surface area contributed by atoms with Crippen molar-refractivity contribution in [1.82, 2.24) is 0 Å². The van der Waals surface area contributed by atoms with E-state index in [0.29, 0.717) is 5.56 Å². The molecule has 0 saturated carbocycles. The SMILES string of the molecule is COc1cc(O[C@H]2O[C@H](CO)[C@H](O)[C@@H](O)[C@H]2O)c2c(=O)c(O)c(-c3ccc(O)cc3)oc2c1. The number of rotatable bonds is 5. The lowest BCUT2D eigenvalue weighted by Gasteiger charge is -2.39. The lowest BCUT2D eigenvalue weighted by Crippen LogP contribution is -2.60. The quantitative estimate of drug-likeness (QED) is 0.302. The number of fused-ring (bicyclic) bond motifs is 1. The van der Waals surface area contributed by atoms with Gasteiger partial charge in [-0.25, -0.2) is 0 Å². The lowest BCUT2D eigenvalue weighted by atomic mass is 9.99. The van der Waals surface area contributed by atoms with Crippen LogP contribution in [0.4, 0.5) is 0 Å². The summed E-state index contributed by atoms with van der Waals surface area (Å²) in [5.41, 5.74) is -0.565. The van der Waals surface area contributed by atoms with Gasteiger partial charge >= 0.3 is 0 Å². The van der Waals surface area contributed by atoms with Gasteiger partial charge in [-0.15, -0.1) is 0 Å². The van der Waals surface area contributed by atoms with Gasteiger partial charge in [0.15, 0.2) is 5.76 Å². The summed E-state index contributed by atoms with van der Waals surface area (Å²) in [6, 6.07) is 8.30. The third-order valence-electron chi connectivity index (χ3n) is 5.37. The van der Waals surface area contributed by atoms with Gasteiger partial charge in [0, 0.05) is 17.7 Å². The molecular weight excluding hydrogens is 440 g/mol. The molecule has 11 heteroatoms. The molecule has 33 heavy (non-hydrogen) atoms. The molecule has 0 bridgehead atoms. The highest BCUT2D eigenvalue weighted by Gasteiger charge is 2.45. The van der Waals surface area contributed by atoms with Crippen molar-refractivity contribution < 1.29 is 49.3 Å². The van der Waals surface area contributed by atoms with E-state index in [1.165, 1.54) is 43.5 Å². The summed E-state index contributed by atoms with van der Waals surface area (Å²) in [5.74, 6) is -0.891. The van der Waals surface area contributed by atoms with Crippen LogP contribution in [-0.2, 0) is 4.74 Å². The molecule has 0 spiro atoms. The Bertz CT molecular complexity index is 1200. The van der Waals surface area contributed by atoms with Crippen LogP contribution in [0.15, 0.2) is 45.6 Å². The van der Waals surface area contributed by atoms with Gasteiger partial charge in [0.1, 0.15) is 52.6 Å². The first kappa shape index (κ1) is 22.8. The van der Waals surface area contributed by atoms with Crippen molar-refractivity contribution in [3.63, 3.8) is 0 Å². The van der Waals surface area contributed by atoms with Gasteiger partial charge in [0.05, 0.1) is 13.7 Å². The Morgan fingerprint density at radius 2 is 1.70 bits per heavy atom. The number of benzene rings is 2. The van der Waals surface area contributed by atoms with Crippen LogP contribution in [0.2, 0.25) is 0 Å². The third kappa shape index (κ3) is 4.08. The van der Waals surface area contributed by atoms with E-state index in [-0.39, 0.29) is 34.0 Å². The summed E-state index contributed by atoms with van der Waals surface area (Å²) < 4.78 is 21.9. The van der Waals surface area contributed by atoms with E-state index in [4.69, 9.17) is 18.6 Å². The van der Waals surface area contributed by atoms with Gasteiger partial charge in [-0.05, 0) is 24.3 Å². The Balaban J connectivity index is 1.83. The first-order valence-corrected chi connectivity index (χ1v) is 9.89. The van der Waals surface area contributed by atoms with E-state index in [1.807, 2.05) is 0 Å². The second-order valence-corrected chi connectivity index (χ2v) is 7.47. The van der Waals surface area contributed by atoms with Crippen molar-refractivity contribution in [3.05, 3.63) is 46.6 Å². The number of methoxy groups -OCH3 is 1. The van der Waals surface area contributed by atoms with Crippen molar-refractivity contribution in [3.8, 4) is 34.3 Å². The minimum atomic E-state index is -1.72. The van der Waals surface area contributed by atoms with Crippen molar-refractivity contribution >= 4 is 11.0 Å². The average Bonchev–Trinajstić information content (AvgIpc) is 2.81. The molecule has 176 valence electrons. The fourth-order valence-electron chi connectivity index (χ4n) is 3.56. The number of phenols is 1. The zero-order valence-corrected chi connectivity index (χ0v) is 17.3. The van der Waals surface area contributed by atoms with Crippen LogP contribution in [0, 0.1) is 0 Å². The fraction of sp³-hybridized carbons (Fsp3) is 0.318. The Morgan fingerprint density at radius 3 is 2.33 bits per heavy atom. The maximum atomic E-state index is 13.1. The van der Waals surface area contributed by atoms with Gasteiger partial charge in [-0.3, -0.25) is 4.79 Å². The van der Waals surface area contributed by atoms with Crippen LogP contribution in [-0.4, -0.2) is 75.1 Å². The molecule has 3 aromatic rings. The number of ether oxygens (including phenoxy) is 3. The van der Waals surface area contributed by atoms with E-state index < -0.39 is 48.5 Å². The van der Waals surface area contributed by atoms with Crippen LogP contribution in [0.25, 0.3) is 22.3 Å². The summed E-state index contributed by atoms with van der Waals surface area (Å²) in [6.45, 7) is -0.664. The molecule has 2 heterocycles. The number of aliphatic hydroxyl groups is 4. The van der Waals surface area contributed by atoms with Crippen molar-refractivity contribution in [1.29, 1.82) is 0 Å². The van der Waals surface area contributed by atoms with E-state index >= 15 is 0 Å². The molecular formula is C22H22O11. The number of aliphatic hydroxyl groups excluding tert-OH is 4. The van der Waals surface area contributed by atoms with Gasteiger partial charge in [0.2, 0.25) is 17.5 Å². The Labute approximate surface area is 186 Å². The molecule has 0 unspecified atom stereocenters. The lowest BCUT2D eigenvalue weighted by molar-refractivity contribution is -0.277. The smallest absolute Gasteiger partial charge is 0.238 e. The van der Waals surface area contributed by atoms with Crippen molar-refractivity contribution in [2.24, 2.45) is 0 Å². The molecule has 1 fully saturated rings. The summed E-state index contributed by atoms with van der Waals surface area (Å²) in [7, 11) is 1.36. The minimum Gasteiger partial charge on any atom is -0.508 e. The molecule has 2 aromatic carbocycles. The number of phenolic OH excluding ortho intramolecular Hbond substituents is 1. The first-order chi connectivity index (χ1) is 15.7. The maximum Gasteiger partial charge on any atom is 0.238 e. The molecule has 4 rings (SSSR count). The molecule has 1 saturated heterocycles. The standard InChI is InChI=1S/C22H22O11/c1-30-11-6-12-15(17(26)19(28)21(31-12)9-2-4-10(24)5-3-9)13(7-11)32-22-20(29)18(27)16(25)14(8-23)33-22/h2-7,14,16,18,20,22-25,27-29H,8H2,1H3/t14-,16+,18-,20-,22+/m1/s1. The fourth-order valence-corrected chi connectivity index (χ4v) is 3.56. The second kappa shape index (κ2) is 8.89. The number of hydrogen-bond acceptors (Lipinski definition) is 11. The number of aromatic hydroxyl groups is 2. The van der Waals surface area contributed by atoms with Crippen LogP contribution >= 0.6 is 0 Å². The highest BCUT2D eigenvalue weighted by molar-refractivity contribution is 5.88. The van der Waals surface area contributed by atoms with Gasteiger partial charge in [0.25, 0.3) is 0 Å². The molecule has 1 aliphatic rings. The highest BCUT2D eigenvalue weighted by Crippen LogP contribution is 2.37. The van der Waals surface area contributed by atoms with Gasteiger partial charge in [-0.2, -0.15) is 0 Å². The summed E-state index contributed by atoms with van der Waals surface area (Å²) >= 11 is 0. The van der Waals surface area contributed by atoms with E-state index in [9.17, 15) is 35.4 Å². The molecule has 0 aliphatic carbocycles. The molecule has 0 amide bonds. The molecule has 0 radical (unpaired) electrons. The summed E-state index contributed by atoms with van der Waals surface area (Å²) in [5, 5.41) is 59.4. The summed E-state index contributed by atoms with van der Waals surface area (Å²) in [6.07, 6.45) is -7.80. The maximum absolute atomic E-state index is 13.1. The van der Waals surface area contributed by atoms with Crippen molar-refractivity contribution in [2.45, 2.75) is 30.7 Å². The predicted octanol–water partition coefficient (Wildman–Crippen LogP) is 0.0585. The van der Waals surface area contributed by atoms with E-state index in [0.717, 1.165) is 0 Å². The number of hydrogen-bond donors (Lipinski definition) is 6. The molecule has 5 atom stereocenters. The minimum absolute atomic E-state index is 0.0155. The van der Waals surface area contributed by atoms with Crippen LogP contribution < -0.4 is 14.9 Å². The molecule has 6 N–H and O–H groups in total. The van der Waals surface area contributed by atoms with Crippen LogP contribution in [0.5, 0.6) is 23.0 Å². The molecule has 1 aromatic heterocycles. The van der Waals surface area contributed by atoms with Gasteiger partial charge in [-0.1, -0.05) is 0 Å². The second-order valence-electron chi connectivity index (χ2n) is 7.47. The van der Waals surface area contributed by atoms with Crippen LogP contribution in [0.3, 0.4) is 0 Å². The monoisotopic (exact) mass is 462 g/mol. The zero-order valence-electron chi connectivity index (χ0n) is 17.3. The normalized spacial score (nSPS) is 25.2. The Morgan fingerprint density at radius 1 is 1.00 bits per heavy atom. The topological polar surface area (TPSA) is 179 Å². The largest absolute Gasteiger partial charge is 0.508 e.